The van der Waals surface area contributed by atoms with Gasteiger partial charge in [-0.1, -0.05) is 133 Å². The molecule has 0 aromatic heterocycles. The summed E-state index contributed by atoms with van der Waals surface area (Å²) in [7, 11) is 0. The average molecular weight is 660 g/mol. The molecule has 51 heavy (non-hydrogen) atoms. The second kappa shape index (κ2) is 10.9. The number of hydrogen-bond donors (Lipinski definition) is 0. The minimum absolute atomic E-state index is 0.427. The van der Waals surface area contributed by atoms with Gasteiger partial charge in [0.25, 0.3) is 0 Å². The van der Waals surface area contributed by atoms with Gasteiger partial charge in [-0.15, -0.1) is 0 Å². The Bertz CT molecular complexity index is 2480. The summed E-state index contributed by atoms with van der Waals surface area (Å²) in [6.45, 7) is 3.34. The van der Waals surface area contributed by atoms with Crippen LogP contribution in [0.15, 0.2) is 151 Å². The van der Waals surface area contributed by atoms with E-state index in [1.807, 2.05) is 0 Å². The smallest absolute Gasteiger partial charge is 0.178 e. The van der Waals surface area contributed by atoms with E-state index in [-0.39, 0.29) is 0 Å². The summed E-state index contributed by atoms with van der Waals surface area (Å²) in [6.07, 6.45) is 11.7. The van der Waals surface area contributed by atoms with E-state index in [0.717, 1.165) is 61.4 Å². The molecule has 0 bridgehead atoms. The van der Waals surface area contributed by atoms with Crippen LogP contribution in [0.25, 0.3) is 33.5 Å². The maximum Gasteiger partial charge on any atom is 0.178 e. The summed E-state index contributed by atoms with van der Waals surface area (Å²) < 4.78 is 13.3. The zero-order chi connectivity index (χ0) is 33.6. The van der Waals surface area contributed by atoms with Crippen LogP contribution in [-0.4, -0.2) is 26.3 Å². The Morgan fingerprint density at radius 3 is 2.08 bits per heavy atom. The van der Waals surface area contributed by atoms with Gasteiger partial charge < -0.3 is 14.4 Å². The molecular formula is C48H37NO2. The van der Waals surface area contributed by atoms with Crippen LogP contribution in [0, 0.1) is 0 Å². The average Bonchev–Trinajstić information content (AvgIpc) is 3.69. The lowest BCUT2D eigenvalue weighted by atomic mass is 9.67. The molecule has 1 spiro atoms. The van der Waals surface area contributed by atoms with Gasteiger partial charge in [0.05, 0.1) is 18.6 Å². The Kier molecular flexibility index (Phi) is 6.24. The van der Waals surface area contributed by atoms with Gasteiger partial charge in [-0.05, 0) is 81.0 Å². The number of rotatable bonds is 3. The van der Waals surface area contributed by atoms with E-state index in [0.29, 0.717) is 0 Å². The van der Waals surface area contributed by atoms with E-state index >= 15 is 0 Å². The molecule has 246 valence electrons. The number of morpholine rings is 1. The van der Waals surface area contributed by atoms with Gasteiger partial charge in [0.15, 0.2) is 5.60 Å². The van der Waals surface area contributed by atoms with Crippen LogP contribution in [0.1, 0.15) is 51.8 Å². The molecule has 2 heterocycles. The summed E-state index contributed by atoms with van der Waals surface area (Å²) >= 11 is 0. The van der Waals surface area contributed by atoms with Gasteiger partial charge >= 0.3 is 0 Å². The Balaban J connectivity index is 1.20. The van der Waals surface area contributed by atoms with Gasteiger partial charge in [-0.3, -0.25) is 0 Å². The lowest BCUT2D eigenvalue weighted by Gasteiger charge is -2.40. The Hall–Kier alpha value is -5.64. The van der Waals surface area contributed by atoms with Crippen molar-refractivity contribution in [3.8, 4) is 16.9 Å². The number of nitrogens with zero attached hydrogens (tertiary/aromatic N) is 1. The molecule has 1 saturated heterocycles. The largest absolute Gasteiger partial charge is 0.472 e. The van der Waals surface area contributed by atoms with Crippen molar-refractivity contribution in [1.29, 1.82) is 0 Å². The maximum absolute atomic E-state index is 7.69. The second-order valence-electron chi connectivity index (χ2n) is 14.4. The number of allylic oxidation sites excluding steroid dienone is 4. The first-order chi connectivity index (χ1) is 25.3. The van der Waals surface area contributed by atoms with E-state index in [2.05, 4.69) is 157 Å². The highest BCUT2D eigenvalue weighted by Crippen LogP contribution is 2.67. The highest BCUT2D eigenvalue weighted by Gasteiger charge is 2.55. The van der Waals surface area contributed by atoms with Crippen LogP contribution in [0.5, 0.6) is 5.75 Å². The van der Waals surface area contributed by atoms with Crippen molar-refractivity contribution >= 4 is 28.1 Å². The Morgan fingerprint density at radius 1 is 0.608 bits per heavy atom. The number of hydrogen-bond acceptors (Lipinski definition) is 3. The molecule has 3 heteroatoms. The van der Waals surface area contributed by atoms with Gasteiger partial charge in [-0.25, -0.2) is 0 Å². The molecule has 1 fully saturated rings. The molecular weight excluding hydrogens is 623 g/mol. The van der Waals surface area contributed by atoms with Crippen molar-refractivity contribution in [3.05, 3.63) is 190 Å². The standard InChI is InChI=1S/C48H37NO2/c1-2-12-32(13-3-1)47(33-22-24-34(25-23-33)49-28-30-50-31-29-49)27-26-40-45-44(37-16-4-5-17-38(37)46(40)51-47)39-18-8-11-21-43(39)48(45)41-19-9-6-14-35(41)36-15-7-10-20-42(36)48/h1-6,8-14,16-27H,7,15,28-31H2. The van der Waals surface area contributed by atoms with Gasteiger partial charge in [-0.2, -0.15) is 0 Å². The molecule has 3 aliphatic carbocycles. The summed E-state index contributed by atoms with van der Waals surface area (Å²) in [4.78, 5) is 2.41. The second-order valence-corrected chi connectivity index (χ2v) is 14.4. The first-order valence-electron chi connectivity index (χ1n) is 18.4. The lowest BCUT2D eigenvalue weighted by Crippen LogP contribution is -2.37. The number of benzene rings is 6. The summed E-state index contributed by atoms with van der Waals surface area (Å²) in [6, 6.07) is 47.0. The first-order valence-corrected chi connectivity index (χ1v) is 18.4. The molecule has 0 amide bonds. The fourth-order valence-corrected chi connectivity index (χ4v) is 9.90. The van der Waals surface area contributed by atoms with E-state index < -0.39 is 11.0 Å². The van der Waals surface area contributed by atoms with Gasteiger partial charge in [0.1, 0.15) is 5.75 Å². The molecule has 2 aliphatic heterocycles. The highest BCUT2D eigenvalue weighted by molar-refractivity contribution is 6.11. The predicted molar refractivity (Wildman–Crippen MR) is 207 cm³/mol. The lowest BCUT2D eigenvalue weighted by molar-refractivity contribution is 0.122. The van der Waals surface area contributed by atoms with E-state index in [1.54, 1.807) is 0 Å². The fourth-order valence-electron chi connectivity index (χ4n) is 9.90. The molecule has 11 rings (SSSR count). The summed E-state index contributed by atoms with van der Waals surface area (Å²) in [5.41, 5.74) is 14.4. The van der Waals surface area contributed by atoms with Crippen molar-refractivity contribution in [2.24, 2.45) is 0 Å². The maximum atomic E-state index is 7.69. The first kappa shape index (κ1) is 29.1. The van der Waals surface area contributed by atoms with E-state index in [4.69, 9.17) is 9.47 Å². The molecule has 5 aliphatic rings. The van der Waals surface area contributed by atoms with Crippen molar-refractivity contribution in [1.82, 2.24) is 0 Å². The Labute approximate surface area is 298 Å². The fraction of sp³-hybridized carbons (Fsp3) is 0.167. The van der Waals surface area contributed by atoms with Crippen LogP contribution in [0.2, 0.25) is 0 Å². The monoisotopic (exact) mass is 659 g/mol. The third-order valence-corrected chi connectivity index (χ3v) is 12.0. The topological polar surface area (TPSA) is 21.7 Å². The zero-order valence-corrected chi connectivity index (χ0v) is 28.4. The third kappa shape index (κ3) is 3.87. The molecule has 2 atom stereocenters. The van der Waals surface area contributed by atoms with E-state index in [9.17, 15) is 0 Å². The van der Waals surface area contributed by atoms with Crippen molar-refractivity contribution in [2.75, 3.05) is 31.2 Å². The Morgan fingerprint density at radius 2 is 1.27 bits per heavy atom. The molecule has 6 aromatic rings. The molecule has 2 unspecified atom stereocenters. The molecule has 3 nitrogen and oxygen atoms in total. The quantitative estimate of drug-likeness (QED) is 0.189. The van der Waals surface area contributed by atoms with Crippen LogP contribution in [0.4, 0.5) is 5.69 Å². The van der Waals surface area contributed by atoms with Crippen molar-refractivity contribution in [3.63, 3.8) is 0 Å². The van der Waals surface area contributed by atoms with Crippen LogP contribution < -0.4 is 9.64 Å². The van der Waals surface area contributed by atoms with Crippen molar-refractivity contribution < 1.29 is 9.47 Å². The number of ether oxygens (including phenoxy) is 2. The third-order valence-electron chi connectivity index (χ3n) is 12.0. The minimum Gasteiger partial charge on any atom is -0.472 e. The van der Waals surface area contributed by atoms with E-state index in [1.165, 1.54) is 61.2 Å². The SMILES string of the molecule is C1=CC2=C(CC1)c1ccccc1C21c2ccccc2-c2c1c1c(c3ccccc23)OC(c2ccccc2)(c2ccc(N3CCOCC3)cc2)C=C1. The molecule has 0 radical (unpaired) electrons. The van der Waals surface area contributed by atoms with Crippen LogP contribution >= 0.6 is 0 Å². The van der Waals surface area contributed by atoms with Crippen molar-refractivity contribution in [2.45, 2.75) is 23.9 Å². The predicted octanol–water partition coefficient (Wildman–Crippen LogP) is 10.5. The van der Waals surface area contributed by atoms with Gasteiger partial charge in [0.2, 0.25) is 0 Å². The van der Waals surface area contributed by atoms with Crippen LogP contribution in [-0.2, 0) is 15.8 Å². The number of fused-ring (bicyclic) bond motifs is 14. The summed E-state index contributed by atoms with van der Waals surface area (Å²) in [5, 5.41) is 2.38. The van der Waals surface area contributed by atoms with Crippen LogP contribution in [0.3, 0.4) is 0 Å². The summed E-state index contributed by atoms with van der Waals surface area (Å²) in [5.74, 6) is 0.950. The normalized spacial score (nSPS) is 22.4. The minimum atomic E-state index is -0.809. The van der Waals surface area contributed by atoms with Gasteiger partial charge in [0, 0.05) is 40.9 Å². The zero-order valence-electron chi connectivity index (χ0n) is 28.4. The number of anilines is 1. The molecule has 6 aromatic carbocycles. The molecule has 0 N–H and O–H groups in total. The molecule has 0 saturated carbocycles. The highest BCUT2D eigenvalue weighted by atomic mass is 16.5.